The van der Waals surface area contributed by atoms with Gasteiger partial charge in [0.05, 0.1) is 24.6 Å². The Balaban J connectivity index is 2.18. The van der Waals surface area contributed by atoms with Crippen molar-refractivity contribution < 1.29 is 27.4 Å². The van der Waals surface area contributed by atoms with Gasteiger partial charge in [0.25, 0.3) is 0 Å². The number of esters is 1. The van der Waals surface area contributed by atoms with Gasteiger partial charge in [-0.1, -0.05) is 12.1 Å². The molecule has 0 saturated heterocycles. The number of hydrogen-bond acceptors (Lipinski definition) is 4. The van der Waals surface area contributed by atoms with E-state index in [-0.39, 0.29) is 17.7 Å². The topological polar surface area (TPSA) is 51.1 Å². The van der Waals surface area contributed by atoms with E-state index in [9.17, 15) is 18.0 Å². The predicted octanol–water partition coefficient (Wildman–Crippen LogP) is 4.99. The normalized spacial score (nSPS) is 11.6. The van der Waals surface area contributed by atoms with Crippen LogP contribution < -0.4 is 4.74 Å². The maximum atomic E-state index is 12.8. The number of rotatable bonds is 7. The highest BCUT2D eigenvalue weighted by molar-refractivity contribution is 5.93. The van der Waals surface area contributed by atoms with E-state index in [1.165, 1.54) is 19.2 Å². The summed E-state index contributed by atoms with van der Waals surface area (Å²) in [4.78, 5) is 18.7. The summed E-state index contributed by atoms with van der Waals surface area (Å²) in [6.45, 7) is 4.19. The zero-order valence-corrected chi connectivity index (χ0v) is 16.7. The molecule has 0 N–H and O–H groups in total. The highest BCUT2D eigenvalue weighted by atomic mass is 19.4. The molecule has 0 fully saturated rings. The van der Waals surface area contributed by atoms with Gasteiger partial charge in [-0.25, -0.2) is 9.79 Å². The molecule has 2 rings (SSSR count). The molecule has 0 aromatic heterocycles. The van der Waals surface area contributed by atoms with E-state index in [0.29, 0.717) is 17.0 Å². The maximum Gasteiger partial charge on any atom is 0.416 e. The second-order valence-electron chi connectivity index (χ2n) is 6.38. The first-order valence-electron chi connectivity index (χ1n) is 8.92. The molecule has 5 nitrogen and oxygen atoms in total. The van der Waals surface area contributed by atoms with Crippen molar-refractivity contribution in [2.45, 2.75) is 26.6 Å². The van der Waals surface area contributed by atoms with E-state index in [0.717, 1.165) is 18.7 Å². The average molecular weight is 408 g/mol. The van der Waals surface area contributed by atoms with Crippen LogP contribution in [0.5, 0.6) is 5.75 Å². The van der Waals surface area contributed by atoms with Crippen LogP contribution >= 0.6 is 0 Å². The van der Waals surface area contributed by atoms with Crippen molar-refractivity contribution in [2.75, 3.05) is 20.7 Å². The fraction of sp³-hybridized carbons (Fsp3) is 0.333. The molecule has 156 valence electrons. The van der Waals surface area contributed by atoms with Gasteiger partial charge < -0.3 is 14.4 Å². The Bertz CT molecular complexity index is 895. The molecule has 8 heteroatoms. The monoisotopic (exact) mass is 408 g/mol. The van der Waals surface area contributed by atoms with Crippen LogP contribution in [0.3, 0.4) is 0 Å². The Morgan fingerprint density at radius 2 is 1.97 bits per heavy atom. The number of nitrogens with zero attached hydrogens (tertiary/aromatic N) is 2. The minimum Gasteiger partial charge on any atom is -0.494 e. The second-order valence-corrected chi connectivity index (χ2v) is 6.38. The standard InChI is InChI=1S/C21H23F3N2O3/c1-5-26(3)13-25-18-10-9-17(14(2)19(18)28-4)20(27)29-12-15-7-6-8-16(11-15)21(22,23)24/h6-11,13H,5,12H2,1-4H3. The van der Waals surface area contributed by atoms with Crippen LogP contribution in [0.25, 0.3) is 0 Å². The fourth-order valence-electron chi connectivity index (χ4n) is 2.56. The fourth-order valence-corrected chi connectivity index (χ4v) is 2.56. The number of benzene rings is 2. The van der Waals surface area contributed by atoms with Gasteiger partial charge in [0, 0.05) is 19.2 Å². The Hall–Kier alpha value is -3.03. The molecule has 0 unspecified atom stereocenters. The first-order chi connectivity index (χ1) is 13.7. The largest absolute Gasteiger partial charge is 0.494 e. The number of alkyl halides is 3. The van der Waals surface area contributed by atoms with Crippen molar-refractivity contribution in [3.63, 3.8) is 0 Å². The van der Waals surface area contributed by atoms with Crippen LogP contribution in [0.4, 0.5) is 18.9 Å². The van der Waals surface area contributed by atoms with Gasteiger partial charge in [0.15, 0.2) is 0 Å². The summed E-state index contributed by atoms with van der Waals surface area (Å²) in [7, 11) is 3.35. The third-order valence-electron chi connectivity index (χ3n) is 4.33. The van der Waals surface area contributed by atoms with Gasteiger partial charge >= 0.3 is 12.1 Å². The summed E-state index contributed by atoms with van der Waals surface area (Å²) < 4.78 is 49.0. The van der Waals surface area contributed by atoms with Gasteiger partial charge in [-0.2, -0.15) is 13.2 Å². The van der Waals surface area contributed by atoms with Crippen molar-refractivity contribution in [1.82, 2.24) is 4.90 Å². The molecular formula is C21H23F3N2O3. The summed E-state index contributed by atoms with van der Waals surface area (Å²) in [6, 6.07) is 7.87. The molecule has 0 aliphatic carbocycles. The SMILES string of the molecule is CCN(C)C=Nc1ccc(C(=O)OCc2cccc(C(F)(F)F)c2)c(C)c1OC. The van der Waals surface area contributed by atoms with E-state index >= 15 is 0 Å². The van der Waals surface area contributed by atoms with E-state index < -0.39 is 17.7 Å². The van der Waals surface area contributed by atoms with Crippen molar-refractivity contribution in [3.8, 4) is 5.75 Å². The zero-order valence-electron chi connectivity index (χ0n) is 16.7. The lowest BCUT2D eigenvalue weighted by atomic mass is 10.1. The Kier molecular flexibility index (Phi) is 7.25. The molecule has 0 atom stereocenters. The van der Waals surface area contributed by atoms with E-state index in [1.807, 2.05) is 18.9 Å². The smallest absolute Gasteiger partial charge is 0.416 e. The summed E-state index contributed by atoms with van der Waals surface area (Å²) >= 11 is 0. The minimum absolute atomic E-state index is 0.251. The molecule has 2 aromatic carbocycles. The third-order valence-corrected chi connectivity index (χ3v) is 4.33. The lowest BCUT2D eigenvalue weighted by Crippen LogP contribution is -2.14. The van der Waals surface area contributed by atoms with E-state index in [1.54, 1.807) is 25.4 Å². The zero-order chi connectivity index (χ0) is 21.6. The quantitative estimate of drug-likeness (QED) is 0.368. The summed E-state index contributed by atoms with van der Waals surface area (Å²) in [5.74, 6) is -0.223. The molecule has 0 amide bonds. The number of halogens is 3. The van der Waals surface area contributed by atoms with Crippen molar-refractivity contribution >= 4 is 18.0 Å². The predicted molar refractivity (Wildman–Crippen MR) is 105 cm³/mol. The molecule has 0 saturated carbocycles. The number of carbonyl (C=O) groups excluding carboxylic acids is 1. The molecule has 29 heavy (non-hydrogen) atoms. The van der Waals surface area contributed by atoms with Gasteiger partial charge in [-0.15, -0.1) is 0 Å². The number of aliphatic imine (C=N–C) groups is 1. The summed E-state index contributed by atoms with van der Waals surface area (Å²) in [6.07, 6.45) is -2.80. The van der Waals surface area contributed by atoms with Crippen molar-refractivity contribution in [2.24, 2.45) is 4.99 Å². The van der Waals surface area contributed by atoms with Crippen LogP contribution in [-0.2, 0) is 17.5 Å². The third kappa shape index (κ3) is 5.73. The van der Waals surface area contributed by atoms with Crippen LogP contribution in [0.2, 0.25) is 0 Å². The van der Waals surface area contributed by atoms with Crippen LogP contribution in [0.1, 0.15) is 34.0 Å². The molecular weight excluding hydrogens is 385 g/mol. The molecule has 0 aliphatic rings. The van der Waals surface area contributed by atoms with Crippen molar-refractivity contribution in [3.05, 3.63) is 58.7 Å². The van der Waals surface area contributed by atoms with Gasteiger partial charge in [-0.3, -0.25) is 0 Å². The van der Waals surface area contributed by atoms with E-state index in [4.69, 9.17) is 9.47 Å². The van der Waals surface area contributed by atoms with Gasteiger partial charge in [0.1, 0.15) is 18.0 Å². The first kappa shape index (κ1) is 22.3. The van der Waals surface area contributed by atoms with Crippen LogP contribution in [0.15, 0.2) is 41.4 Å². The Labute approximate surface area is 167 Å². The molecule has 0 spiro atoms. The first-order valence-corrected chi connectivity index (χ1v) is 8.92. The highest BCUT2D eigenvalue weighted by Crippen LogP contribution is 2.34. The summed E-state index contributed by atoms with van der Waals surface area (Å²) in [5.41, 5.74) is 0.816. The summed E-state index contributed by atoms with van der Waals surface area (Å²) in [5, 5.41) is 0. The number of methoxy groups -OCH3 is 1. The Morgan fingerprint density at radius 1 is 1.24 bits per heavy atom. The van der Waals surface area contributed by atoms with Crippen LogP contribution in [-0.4, -0.2) is 37.9 Å². The lowest BCUT2D eigenvalue weighted by Gasteiger charge is -2.14. The van der Waals surface area contributed by atoms with E-state index in [2.05, 4.69) is 4.99 Å². The average Bonchev–Trinajstić information content (AvgIpc) is 2.69. The number of ether oxygens (including phenoxy) is 2. The van der Waals surface area contributed by atoms with Gasteiger partial charge in [0.2, 0.25) is 0 Å². The van der Waals surface area contributed by atoms with Crippen molar-refractivity contribution in [1.29, 1.82) is 0 Å². The second kappa shape index (κ2) is 9.45. The molecule has 0 heterocycles. The molecule has 0 radical (unpaired) electrons. The lowest BCUT2D eigenvalue weighted by molar-refractivity contribution is -0.137. The molecule has 0 aliphatic heterocycles. The molecule has 0 bridgehead atoms. The highest BCUT2D eigenvalue weighted by Gasteiger charge is 2.30. The number of hydrogen-bond donors (Lipinski definition) is 0. The number of carbonyl (C=O) groups is 1. The molecule has 2 aromatic rings. The maximum absolute atomic E-state index is 12.8. The van der Waals surface area contributed by atoms with Crippen LogP contribution in [0, 0.1) is 6.92 Å². The Morgan fingerprint density at radius 3 is 2.59 bits per heavy atom. The minimum atomic E-state index is -4.45. The van der Waals surface area contributed by atoms with Gasteiger partial charge in [-0.05, 0) is 43.7 Å².